The Bertz CT molecular complexity index is 362. The van der Waals surface area contributed by atoms with Crippen molar-refractivity contribution < 1.29 is 9.26 Å². The number of nitrogens with zero attached hydrogens (tertiary/aromatic N) is 2. The van der Waals surface area contributed by atoms with E-state index in [2.05, 4.69) is 24.0 Å². The van der Waals surface area contributed by atoms with Gasteiger partial charge >= 0.3 is 0 Å². The Morgan fingerprint density at radius 3 is 2.72 bits per heavy atom. The maximum atomic E-state index is 5.99. The summed E-state index contributed by atoms with van der Waals surface area (Å²) in [4.78, 5) is 4.48. The minimum atomic E-state index is 0.0148. The van der Waals surface area contributed by atoms with Crippen molar-refractivity contribution in [3.8, 4) is 0 Å². The van der Waals surface area contributed by atoms with Crippen LogP contribution in [0.2, 0.25) is 0 Å². The van der Waals surface area contributed by atoms with Gasteiger partial charge in [-0.25, -0.2) is 0 Å². The smallest absolute Gasteiger partial charge is 0.231 e. The van der Waals surface area contributed by atoms with Gasteiger partial charge in [0.05, 0.1) is 12.0 Å². The van der Waals surface area contributed by atoms with Crippen LogP contribution in [0.15, 0.2) is 4.52 Å². The third-order valence-corrected chi connectivity index (χ3v) is 3.49. The largest absolute Gasteiger partial charge is 0.378 e. The maximum Gasteiger partial charge on any atom is 0.231 e. The first-order chi connectivity index (χ1) is 8.58. The first-order valence-corrected chi connectivity index (χ1v) is 6.77. The van der Waals surface area contributed by atoms with Gasteiger partial charge in [0, 0.05) is 19.1 Å². The van der Waals surface area contributed by atoms with Gasteiger partial charge in [-0.2, -0.15) is 4.98 Å². The molecule has 2 heterocycles. The zero-order chi connectivity index (χ0) is 13.1. The van der Waals surface area contributed by atoms with E-state index in [4.69, 9.17) is 15.0 Å². The van der Waals surface area contributed by atoms with E-state index >= 15 is 0 Å². The normalized spacial score (nSPS) is 23.5. The van der Waals surface area contributed by atoms with Gasteiger partial charge in [-0.3, -0.25) is 0 Å². The molecule has 0 bridgehead atoms. The highest BCUT2D eigenvalue weighted by Gasteiger charge is 2.27. The summed E-state index contributed by atoms with van der Waals surface area (Å²) in [7, 11) is 0. The van der Waals surface area contributed by atoms with E-state index < -0.39 is 0 Å². The van der Waals surface area contributed by atoms with Crippen LogP contribution in [0.4, 0.5) is 0 Å². The summed E-state index contributed by atoms with van der Waals surface area (Å²) in [5, 5.41) is 4.04. The van der Waals surface area contributed by atoms with Crippen molar-refractivity contribution in [2.45, 2.75) is 58.1 Å². The van der Waals surface area contributed by atoms with Crippen LogP contribution < -0.4 is 5.73 Å². The third kappa shape index (κ3) is 3.09. The molecule has 5 heteroatoms. The molecular weight excluding hydrogens is 230 g/mol. The van der Waals surface area contributed by atoms with Crippen molar-refractivity contribution in [2.24, 2.45) is 11.7 Å². The molecule has 1 saturated heterocycles. The average Bonchev–Trinajstić information content (AvgIpc) is 2.90. The fraction of sp³-hybridized carbons (Fsp3) is 0.846. The zero-order valence-corrected chi connectivity index (χ0v) is 11.4. The molecule has 2 N–H and O–H groups in total. The summed E-state index contributed by atoms with van der Waals surface area (Å²) >= 11 is 0. The molecule has 3 atom stereocenters. The number of rotatable bonds is 5. The lowest BCUT2D eigenvalue weighted by molar-refractivity contribution is 0.109. The van der Waals surface area contributed by atoms with Crippen LogP contribution in [0.5, 0.6) is 0 Å². The number of ether oxygens (including phenoxy) is 1. The number of hydrogen-bond donors (Lipinski definition) is 1. The summed E-state index contributed by atoms with van der Waals surface area (Å²) in [5.41, 5.74) is 5.99. The summed E-state index contributed by atoms with van der Waals surface area (Å²) in [6, 6.07) is 0.0148. The SMILES string of the molecule is CC(C)C(c1nc(CC2CCCO2)no1)C(C)N. The van der Waals surface area contributed by atoms with Gasteiger partial charge < -0.3 is 15.0 Å². The Labute approximate surface area is 108 Å². The summed E-state index contributed by atoms with van der Waals surface area (Å²) < 4.78 is 10.9. The van der Waals surface area contributed by atoms with Crippen LogP contribution in [0.3, 0.4) is 0 Å². The second-order valence-corrected chi connectivity index (χ2v) is 5.52. The standard InChI is InChI=1S/C13H23N3O2/c1-8(2)12(9(3)14)13-15-11(16-18-13)7-10-5-4-6-17-10/h8-10,12H,4-7,14H2,1-3H3. The van der Waals surface area contributed by atoms with Gasteiger partial charge in [0.25, 0.3) is 0 Å². The Hall–Kier alpha value is -0.940. The summed E-state index contributed by atoms with van der Waals surface area (Å²) in [5.74, 6) is 1.91. The first-order valence-electron chi connectivity index (χ1n) is 6.77. The predicted molar refractivity (Wildman–Crippen MR) is 68.2 cm³/mol. The molecule has 0 aliphatic carbocycles. The van der Waals surface area contributed by atoms with Crippen molar-refractivity contribution in [3.05, 3.63) is 11.7 Å². The lowest BCUT2D eigenvalue weighted by Gasteiger charge is -2.20. The molecule has 0 amide bonds. The average molecular weight is 253 g/mol. The number of nitrogens with two attached hydrogens (primary N) is 1. The number of aromatic nitrogens is 2. The minimum absolute atomic E-state index is 0.0148. The first kappa shape index (κ1) is 13.5. The molecule has 0 radical (unpaired) electrons. The predicted octanol–water partition coefficient (Wildman–Crippen LogP) is 1.88. The third-order valence-electron chi connectivity index (χ3n) is 3.49. The van der Waals surface area contributed by atoms with Gasteiger partial charge in [-0.05, 0) is 25.7 Å². The molecule has 102 valence electrons. The van der Waals surface area contributed by atoms with Crippen LogP contribution in [-0.4, -0.2) is 28.9 Å². The fourth-order valence-electron chi connectivity index (χ4n) is 2.61. The minimum Gasteiger partial charge on any atom is -0.378 e. The van der Waals surface area contributed by atoms with Gasteiger partial charge in [0.2, 0.25) is 5.89 Å². The van der Waals surface area contributed by atoms with Crippen molar-refractivity contribution in [1.82, 2.24) is 10.1 Å². The quantitative estimate of drug-likeness (QED) is 0.867. The molecule has 1 aliphatic heterocycles. The Balaban J connectivity index is 2.03. The summed E-state index contributed by atoms with van der Waals surface area (Å²) in [6.45, 7) is 7.08. The van der Waals surface area contributed by atoms with Crippen LogP contribution in [0.25, 0.3) is 0 Å². The van der Waals surface area contributed by atoms with Gasteiger partial charge in [0.1, 0.15) is 0 Å². The van der Waals surface area contributed by atoms with E-state index in [0.717, 1.165) is 31.7 Å². The van der Waals surface area contributed by atoms with E-state index in [1.807, 2.05) is 6.92 Å². The summed E-state index contributed by atoms with van der Waals surface area (Å²) in [6.07, 6.45) is 3.21. The van der Waals surface area contributed by atoms with Gasteiger partial charge in [0.15, 0.2) is 5.82 Å². The molecule has 0 spiro atoms. The highest BCUT2D eigenvalue weighted by atomic mass is 16.5. The van der Waals surface area contributed by atoms with E-state index in [0.29, 0.717) is 11.8 Å². The molecule has 5 nitrogen and oxygen atoms in total. The molecule has 0 saturated carbocycles. The molecule has 0 aromatic carbocycles. The lowest BCUT2D eigenvalue weighted by atomic mass is 9.90. The van der Waals surface area contributed by atoms with Crippen molar-refractivity contribution in [3.63, 3.8) is 0 Å². The number of hydrogen-bond acceptors (Lipinski definition) is 5. The monoisotopic (exact) mass is 253 g/mol. The molecular formula is C13H23N3O2. The van der Waals surface area contributed by atoms with Crippen LogP contribution >= 0.6 is 0 Å². The highest BCUT2D eigenvalue weighted by molar-refractivity contribution is 5.00. The lowest BCUT2D eigenvalue weighted by Crippen LogP contribution is -2.28. The highest BCUT2D eigenvalue weighted by Crippen LogP contribution is 2.26. The van der Waals surface area contributed by atoms with Crippen molar-refractivity contribution >= 4 is 0 Å². The van der Waals surface area contributed by atoms with Crippen molar-refractivity contribution in [1.29, 1.82) is 0 Å². The maximum absolute atomic E-state index is 5.99. The van der Waals surface area contributed by atoms with Crippen LogP contribution in [-0.2, 0) is 11.2 Å². The van der Waals surface area contributed by atoms with Gasteiger partial charge in [-0.15, -0.1) is 0 Å². The van der Waals surface area contributed by atoms with E-state index in [1.165, 1.54) is 0 Å². The Morgan fingerprint density at radius 1 is 1.39 bits per heavy atom. The topological polar surface area (TPSA) is 74.2 Å². The molecule has 3 unspecified atom stereocenters. The van der Waals surface area contributed by atoms with E-state index in [1.54, 1.807) is 0 Å². The molecule has 1 aromatic rings. The van der Waals surface area contributed by atoms with E-state index in [-0.39, 0.29) is 18.1 Å². The fourth-order valence-corrected chi connectivity index (χ4v) is 2.61. The van der Waals surface area contributed by atoms with E-state index in [9.17, 15) is 0 Å². The second kappa shape index (κ2) is 5.80. The molecule has 1 aliphatic rings. The Morgan fingerprint density at radius 2 is 2.17 bits per heavy atom. The Kier molecular flexibility index (Phi) is 4.35. The molecule has 1 fully saturated rings. The van der Waals surface area contributed by atoms with Gasteiger partial charge in [-0.1, -0.05) is 19.0 Å². The molecule has 18 heavy (non-hydrogen) atoms. The molecule has 1 aromatic heterocycles. The molecule has 2 rings (SSSR count). The van der Waals surface area contributed by atoms with Crippen molar-refractivity contribution in [2.75, 3.05) is 6.61 Å². The zero-order valence-electron chi connectivity index (χ0n) is 11.4. The van der Waals surface area contributed by atoms with Crippen LogP contribution in [0.1, 0.15) is 51.2 Å². The second-order valence-electron chi connectivity index (χ2n) is 5.52. The van der Waals surface area contributed by atoms with Crippen LogP contribution in [0, 0.1) is 5.92 Å².